The molecule has 3 heterocycles. The van der Waals surface area contributed by atoms with Crippen molar-refractivity contribution in [2.45, 2.75) is 38.0 Å². The van der Waals surface area contributed by atoms with Gasteiger partial charge in [-0.05, 0) is 68.9 Å². The van der Waals surface area contributed by atoms with E-state index < -0.39 is 15.1 Å². The van der Waals surface area contributed by atoms with Crippen LogP contribution in [0.5, 0.6) is 0 Å². The number of fused-ring (bicyclic) bond motifs is 2. The highest BCUT2D eigenvalue weighted by molar-refractivity contribution is 7.63. The summed E-state index contributed by atoms with van der Waals surface area (Å²) < 4.78 is 0. The summed E-state index contributed by atoms with van der Waals surface area (Å²) in [5, 5.41) is 6.57. The molecule has 40 heavy (non-hydrogen) atoms. The van der Waals surface area contributed by atoms with Gasteiger partial charge in [0.15, 0.2) is 0 Å². The SMILES string of the molecule is CCc1cc(-c2ccccc2)p2c1C(c1ccccc1)p1c(-c3ccccc3)cc(CC)c1C2c1ccccc1. The van der Waals surface area contributed by atoms with Gasteiger partial charge in [-0.3, -0.25) is 0 Å². The van der Waals surface area contributed by atoms with Crippen molar-refractivity contribution in [3.8, 4) is 21.7 Å². The molecule has 0 amide bonds. The van der Waals surface area contributed by atoms with Crippen molar-refractivity contribution in [1.82, 2.24) is 0 Å². The molecule has 196 valence electrons. The maximum atomic E-state index is 2.60. The van der Waals surface area contributed by atoms with Gasteiger partial charge >= 0.3 is 0 Å². The van der Waals surface area contributed by atoms with Crippen LogP contribution >= 0.6 is 15.1 Å². The van der Waals surface area contributed by atoms with Gasteiger partial charge in [0.2, 0.25) is 0 Å². The second-order valence-electron chi connectivity index (χ2n) is 10.7. The molecule has 0 spiro atoms. The summed E-state index contributed by atoms with van der Waals surface area (Å²) in [6.07, 6.45) is 2.14. The zero-order valence-corrected chi connectivity index (χ0v) is 25.0. The first kappa shape index (κ1) is 25.4. The van der Waals surface area contributed by atoms with Crippen molar-refractivity contribution >= 4 is 15.1 Å². The molecule has 0 saturated carbocycles. The largest absolute Gasteiger partial charge is 0.0994 e. The third-order valence-electron chi connectivity index (χ3n) is 8.48. The molecule has 1 aliphatic heterocycles. The number of rotatable bonds is 6. The summed E-state index contributed by atoms with van der Waals surface area (Å²) in [5.74, 6) is 0. The normalized spacial score (nSPS) is 16.9. The smallest absolute Gasteiger partial charge is 0.0522 e. The minimum absolute atomic E-state index is 0.403. The van der Waals surface area contributed by atoms with E-state index in [0.717, 1.165) is 12.8 Å². The molecule has 4 aromatic carbocycles. The average Bonchev–Trinajstić information content (AvgIpc) is 3.61. The molecule has 0 N–H and O–H groups in total. The van der Waals surface area contributed by atoms with Crippen molar-refractivity contribution in [1.29, 1.82) is 0 Å². The second-order valence-corrected chi connectivity index (χ2v) is 15.1. The molecule has 1 aliphatic rings. The summed E-state index contributed by atoms with van der Waals surface area (Å²) in [4.78, 5) is 0. The molecule has 0 fully saturated rings. The lowest BCUT2D eigenvalue weighted by Crippen LogP contribution is -2.08. The molecule has 0 saturated heterocycles. The van der Waals surface area contributed by atoms with Gasteiger partial charge in [-0.25, -0.2) is 0 Å². The molecule has 0 aliphatic carbocycles. The van der Waals surface area contributed by atoms with Crippen LogP contribution in [0.1, 0.15) is 58.0 Å². The van der Waals surface area contributed by atoms with E-state index in [4.69, 9.17) is 0 Å². The van der Waals surface area contributed by atoms with Crippen molar-refractivity contribution in [3.05, 3.63) is 166 Å². The first-order valence-electron chi connectivity index (χ1n) is 14.5. The topological polar surface area (TPSA) is 0 Å². The Balaban J connectivity index is 1.64. The van der Waals surface area contributed by atoms with E-state index in [1.807, 2.05) is 0 Å². The summed E-state index contributed by atoms with van der Waals surface area (Å²) in [7, 11) is -1.19. The maximum absolute atomic E-state index is 2.60. The van der Waals surface area contributed by atoms with Crippen LogP contribution in [0.2, 0.25) is 0 Å². The summed E-state index contributed by atoms with van der Waals surface area (Å²) >= 11 is 0. The van der Waals surface area contributed by atoms with Gasteiger partial charge in [0.05, 0.1) is 11.3 Å². The third-order valence-corrected chi connectivity index (χ3v) is 15.0. The van der Waals surface area contributed by atoms with E-state index in [1.165, 1.54) is 22.3 Å². The highest BCUT2D eigenvalue weighted by Crippen LogP contribution is 2.76. The van der Waals surface area contributed by atoms with Gasteiger partial charge in [-0.2, -0.15) is 0 Å². The van der Waals surface area contributed by atoms with Gasteiger partial charge in [-0.15, -0.1) is 0 Å². The van der Waals surface area contributed by atoms with Crippen LogP contribution < -0.4 is 0 Å². The zero-order valence-electron chi connectivity index (χ0n) is 23.2. The Morgan fingerprint density at radius 2 is 0.775 bits per heavy atom. The van der Waals surface area contributed by atoms with E-state index in [9.17, 15) is 0 Å². The monoisotopic (exact) mass is 552 g/mol. The first-order chi connectivity index (χ1) is 19.8. The molecule has 7 rings (SSSR count). The van der Waals surface area contributed by atoms with E-state index in [1.54, 1.807) is 32.3 Å². The Labute approximate surface area is 240 Å². The van der Waals surface area contributed by atoms with Crippen molar-refractivity contribution in [2.24, 2.45) is 0 Å². The molecule has 0 nitrogen and oxygen atoms in total. The van der Waals surface area contributed by atoms with E-state index in [-0.39, 0.29) is 0 Å². The van der Waals surface area contributed by atoms with E-state index in [2.05, 4.69) is 147 Å². The van der Waals surface area contributed by atoms with Crippen LogP contribution in [-0.2, 0) is 12.8 Å². The predicted molar refractivity (Wildman–Crippen MR) is 175 cm³/mol. The highest BCUT2D eigenvalue weighted by Gasteiger charge is 2.41. The van der Waals surface area contributed by atoms with Gasteiger partial charge in [0.25, 0.3) is 0 Å². The van der Waals surface area contributed by atoms with E-state index >= 15 is 0 Å². The van der Waals surface area contributed by atoms with Crippen molar-refractivity contribution in [3.63, 3.8) is 0 Å². The van der Waals surface area contributed by atoms with Gasteiger partial charge < -0.3 is 0 Å². The number of benzene rings is 4. The van der Waals surface area contributed by atoms with Crippen LogP contribution in [0.4, 0.5) is 0 Å². The Bertz CT molecular complexity index is 1610. The predicted octanol–water partition coefficient (Wildman–Crippen LogP) is 11.7. The minimum Gasteiger partial charge on any atom is -0.0994 e. The Kier molecular flexibility index (Phi) is 6.85. The highest BCUT2D eigenvalue weighted by atomic mass is 31.1. The van der Waals surface area contributed by atoms with Crippen LogP contribution in [0, 0.1) is 0 Å². The number of hydrogen-bond donors (Lipinski definition) is 0. The fraction of sp³-hybridized carbons (Fsp3) is 0.158. The molecule has 6 aromatic rings. The lowest BCUT2D eigenvalue weighted by Gasteiger charge is -2.36. The lowest BCUT2D eigenvalue weighted by atomic mass is 10.0. The molecule has 0 bridgehead atoms. The third kappa shape index (κ3) is 4.14. The van der Waals surface area contributed by atoms with Crippen LogP contribution in [0.3, 0.4) is 0 Å². The minimum atomic E-state index is -0.593. The molecule has 2 aromatic heterocycles. The van der Waals surface area contributed by atoms with Crippen LogP contribution in [-0.4, -0.2) is 0 Å². The van der Waals surface area contributed by atoms with Gasteiger partial charge in [-0.1, -0.05) is 150 Å². The summed E-state index contributed by atoms with van der Waals surface area (Å²) in [6.45, 7) is 4.72. The Morgan fingerprint density at radius 1 is 0.450 bits per heavy atom. The first-order valence-corrected chi connectivity index (χ1v) is 17.3. The van der Waals surface area contributed by atoms with Crippen LogP contribution in [0.25, 0.3) is 21.7 Å². The average molecular weight is 553 g/mol. The van der Waals surface area contributed by atoms with Gasteiger partial charge in [0, 0.05) is 10.6 Å². The molecular weight excluding hydrogens is 518 g/mol. The number of hydrogen-bond acceptors (Lipinski definition) is 0. The molecule has 0 radical (unpaired) electrons. The molecular formula is C38H34P2. The fourth-order valence-electron chi connectivity index (χ4n) is 6.72. The van der Waals surface area contributed by atoms with Crippen molar-refractivity contribution < 1.29 is 0 Å². The molecule has 2 heteroatoms. The zero-order chi connectivity index (χ0) is 27.1. The Hall–Kier alpha value is -3.56. The van der Waals surface area contributed by atoms with Gasteiger partial charge in [0.1, 0.15) is 0 Å². The maximum Gasteiger partial charge on any atom is 0.0522 e. The number of aryl methyl sites for hydroxylation is 2. The standard InChI is InChI=1S/C38H34P2/c1-3-27-25-33(29-17-9-5-10-18-29)39-35(27)37(31-21-13-7-14-22-31)40-34(30-19-11-6-12-20-30)26-28(4-2)36(40)38(39)32-23-15-8-16-24-32/h5-26,37-38H,3-4H2,1-2H3. The Morgan fingerprint density at radius 3 is 1.10 bits per heavy atom. The molecule has 4 atom stereocenters. The van der Waals surface area contributed by atoms with E-state index in [0.29, 0.717) is 11.3 Å². The summed E-state index contributed by atoms with van der Waals surface area (Å²) in [6, 6.07) is 50.6. The quantitative estimate of drug-likeness (QED) is 0.192. The fourth-order valence-corrected chi connectivity index (χ4v) is 14.9. The van der Waals surface area contributed by atoms with Crippen molar-refractivity contribution in [2.75, 3.05) is 0 Å². The lowest BCUT2D eigenvalue weighted by molar-refractivity contribution is 1.04. The molecule has 4 unspecified atom stereocenters. The van der Waals surface area contributed by atoms with Crippen LogP contribution in [0.15, 0.2) is 133 Å². The second kappa shape index (κ2) is 10.8. The summed E-state index contributed by atoms with van der Waals surface area (Å²) in [5.41, 5.74) is 9.68.